The Morgan fingerprint density at radius 1 is 1.17 bits per heavy atom. The van der Waals surface area contributed by atoms with Gasteiger partial charge < -0.3 is 15.0 Å². The summed E-state index contributed by atoms with van der Waals surface area (Å²) >= 11 is 1.20. The molecule has 3 aromatic rings. The molecular weight excluding hydrogens is 415 g/mol. The molecule has 0 bridgehead atoms. The van der Waals surface area contributed by atoms with Gasteiger partial charge in [0.15, 0.2) is 0 Å². The van der Waals surface area contributed by atoms with Crippen LogP contribution in [0.15, 0.2) is 47.8 Å². The Labute approximate surface area is 176 Å². The number of alkyl halides is 3. The van der Waals surface area contributed by atoms with Crippen molar-refractivity contribution in [2.75, 3.05) is 24.3 Å². The molecule has 0 atom stereocenters. The highest BCUT2D eigenvalue weighted by atomic mass is 32.1. The van der Waals surface area contributed by atoms with Gasteiger partial charge in [-0.25, -0.2) is 4.98 Å². The van der Waals surface area contributed by atoms with Gasteiger partial charge in [0.1, 0.15) is 23.1 Å². The lowest BCUT2D eigenvalue weighted by Crippen LogP contribution is -2.18. The molecule has 0 aliphatic carbocycles. The fraction of sp³-hybridized carbons (Fsp3) is 0.238. The Morgan fingerprint density at radius 3 is 2.50 bits per heavy atom. The number of anilines is 2. The van der Waals surface area contributed by atoms with Gasteiger partial charge in [-0.2, -0.15) is 13.2 Å². The second kappa shape index (κ2) is 8.74. The minimum atomic E-state index is -4.61. The first-order valence-electron chi connectivity index (χ1n) is 8.97. The van der Waals surface area contributed by atoms with Crippen molar-refractivity contribution in [2.24, 2.45) is 0 Å². The van der Waals surface area contributed by atoms with Crippen LogP contribution in [0.1, 0.15) is 26.6 Å². The standard InChI is InChI=1S/C21H20F3N3O2S/c1-13-4-7-15(8-5-13)29-11-19-25-18(12-30-19)20(28)26-17-9-6-14(27(2)3)10-16(17)21(22,23)24/h4-10,12H,11H2,1-3H3,(H,26,28). The van der Waals surface area contributed by atoms with Crippen molar-refractivity contribution in [1.29, 1.82) is 0 Å². The number of hydrogen-bond donors (Lipinski definition) is 1. The molecule has 0 unspecified atom stereocenters. The minimum absolute atomic E-state index is 0.0346. The summed E-state index contributed by atoms with van der Waals surface area (Å²) in [5, 5.41) is 4.35. The van der Waals surface area contributed by atoms with Crippen molar-refractivity contribution in [1.82, 2.24) is 4.98 Å². The molecule has 158 valence electrons. The van der Waals surface area contributed by atoms with E-state index in [-0.39, 0.29) is 18.0 Å². The van der Waals surface area contributed by atoms with Crippen molar-refractivity contribution >= 4 is 28.6 Å². The third-order valence-electron chi connectivity index (χ3n) is 4.24. The number of hydrogen-bond acceptors (Lipinski definition) is 5. The van der Waals surface area contributed by atoms with E-state index in [2.05, 4.69) is 10.3 Å². The van der Waals surface area contributed by atoms with E-state index in [1.54, 1.807) is 19.0 Å². The van der Waals surface area contributed by atoms with Gasteiger partial charge in [-0.3, -0.25) is 4.79 Å². The van der Waals surface area contributed by atoms with Crippen LogP contribution < -0.4 is 15.0 Å². The normalized spacial score (nSPS) is 11.3. The molecule has 0 aliphatic heterocycles. The molecule has 3 rings (SSSR count). The monoisotopic (exact) mass is 435 g/mol. The molecule has 0 radical (unpaired) electrons. The SMILES string of the molecule is Cc1ccc(OCc2nc(C(=O)Nc3ccc(N(C)C)cc3C(F)(F)F)cs2)cc1. The molecule has 30 heavy (non-hydrogen) atoms. The molecule has 0 aliphatic rings. The number of halogens is 3. The van der Waals surface area contributed by atoms with E-state index in [0.29, 0.717) is 16.4 Å². The van der Waals surface area contributed by atoms with Gasteiger partial charge in [-0.15, -0.1) is 11.3 Å². The van der Waals surface area contributed by atoms with Gasteiger partial charge in [0, 0.05) is 25.2 Å². The van der Waals surface area contributed by atoms with Gasteiger partial charge >= 0.3 is 6.18 Å². The first kappa shape index (κ1) is 21.6. The van der Waals surface area contributed by atoms with Crippen LogP contribution >= 0.6 is 11.3 Å². The number of aryl methyl sites for hydroxylation is 1. The lowest BCUT2D eigenvalue weighted by atomic mass is 10.1. The number of thiazole rings is 1. The fourth-order valence-corrected chi connectivity index (χ4v) is 3.29. The largest absolute Gasteiger partial charge is 0.486 e. The van der Waals surface area contributed by atoms with Crippen molar-refractivity contribution in [3.63, 3.8) is 0 Å². The number of nitrogens with one attached hydrogen (secondary N) is 1. The Bertz CT molecular complexity index is 1030. The molecule has 1 aromatic heterocycles. The van der Waals surface area contributed by atoms with E-state index in [0.717, 1.165) is 11.6 Å². The lowest BCUT2D eigenvalue weighted by molar-refractivity contribution is -0.136. The van der Waals surface area contributed by atoms with E-state index >= 15 is 0 Å². The number of benzene rings is 2. The molecule has 0 fully saturated rings. The topological polar surface area (TPSA) is 54.5 Å². The van der Waals surface area contributed by atoms with Crippen LogP contribution in [0.3, 0.4) is 0 Å². The summed E-state index contributed by atoms with van der Waals surface area (Å²) in [6.07, 6.45) is -4.61. The average molecular weight is 435 g/mol. The molecule has 1 heterocycles. The van der Waals surface area contributed by atoms with Gasteiger partial charge in [-0.05, 0) is 37.3 Å². The van der Waals surface area contributed by atoms with E-state index in [9.17, 15) is 18.0 Å². The zero-order valence-corrected chi connectivity index (χ0v) is 17.4. The molecule has 1 amide bonds. The average Bonchev–Trinajstić information content (AvgIpc) is 3.16. The highest BCUT2D eigenvalue weighted by molar-refractivity contribution is 7.09. The Hall–Kier alpha value is -3.07. The molecule has 9 heteroatoms. The maximum Gasteiger partial charge on any atom is 0.418 e. The van der Waals surface area contributed by atoms with Crippen LogP contribution in [0.2, 0.25) is 0 Å². The zero-order valence-electron chi connectivity index (χ0n) is 16.6. The third kappa shape index (κ3) is 5.29. The third-order valence-corrected chi connectivity index (χ3v) is 5.06. The predicted octanol–water partition coefficient (Wildman–Crippen LogP) is 5.37. The molecule has 1 N–H and O–H groups in total. The number of carbonyl (C=O) groups is 1. The quantitative estimate of drug-likeness (QED) is 0.566. The molecule has 5 nitrogen and oxygen atoms in total. The smallest absolute Gasteiger partial charge is 0.418 e. The first-order valence-corrected chi connectivity index (χ1v) is 9.85. The Morgan fingerprint density at radius 2 is 1.87 bits per heavy atom. The maximum absolute atomic E-state index is 13.4. The van der Waals surface area contributed by atoms with E-state index in [1.807, 2.05) is 31.2 Å². The summed E-state index contributed by atoms with van der Waals surface area (Å²) in [5.41, 5.74) is 0.285. The van der Waals surface area contributed by atoms with Crippen molar-refractivity contribution < 1.29 is 22.7 Å². The zero-order chi connectivity index (χ0) is 21.9. The number of rotatable bonds is 6. The Balaban J connectivity index is 1.71. The maximum atomic E-state index is 13.4. The highest BCUT2D eigenvalue weighted by Gasteiger charge is 2.34. The molecule has 0 saturated heterocycles. The summed E-state index contributed by atoms with van der Waals surface area (Å²) in [5.74, 6) is -0.0476. The number of amides is 1. The van der Waals surface area contributed by atoms with Crippen molar-refractivity contribution in [3.8, 4) is 5.75 Å². The fourth-order valence-electron chi connectivity index (χ4n) is 2.60. The van der Waals surface area contributed by atoms with Crippen molar-refractivity contribution in [3.05, 3.63) is 69.7 Å². The van der Waals surface area contributed by atoms with E-state index in [4.69, 9.17) is 4.74 Å². The van der Waals surface area contributed by atoms with Crippen LogP contribution in [-0.2, 0) is 12.8 Å². The van der Waals surface area contributed by atoms with Gasteiger partial charge in [-0.1, -0.05) is 17.7 Å². The highest BCUT2D eigenvalue weighted by Crippen LogP contribution is 2.37. The molecule has 2 aromatic carbocycles. The Kier molecular flexibility index (Phi) is 6.31. The molecule has 0 spiro atoms. The minimum Gasteiger partial charge on any atom is -0.486 e. The second-order valence-electron chi connectivity index (χ2n) is 6.80. The van der Waals surface area contributed by atoms with Crippen LogP contribution in [0.5, 0.6) is 5.75 Å². The molecular formula is C21H20F3N3O2S. The summed E-state index contributed by atoms with van der Waals surface area (Å²) in [6.45, 7) is 2.13. The predicted molar refractivity (Wildman–Crippen MR) is 111 cm³/mol. The number of aromatic nitrogens is 1. The second-order valence-corrected chi connectivity index (χ2v) is 7.75. The number of carbonyl (C=O) groups excluding carboxylic acids is 1. The van der Waals surface area contributed by atoms with E-state index in [1.165, 1.54) is 28.8 Å². The number of nitrogens with zero attached hydrogens (tertiary/aromatic N) is 2. The van der Waals surface area contributed by atoms with Gasteiger partial charge in [0.2, 0.25) is 0 Å². The summed E-state index contributed by atoms with van der Waals surface area (Å²) in [6, 6.07) is 11.2. The van der Waals surface area contributed by atoms with Gasteiger partial charge in [0.25, 0.3) is 5.91 Å². The van der Waals surface area contributed by atoms with E-state index < -0.39 is 17.6 Å². The summed E-state index contributed by atoms with van der Waals surface area (Å²) < 4.78 is 45.9. The number of ether oxygens (including phenoxy) is 1. The summed E-state index contributed by atoms with van der Waals surface area (Å²) in [4.78, 5) is 18.2. The first-order chi connectivity index (χ1) is 14.1. The lowest BCUT2D eigenvalue weighted by Gasteiger charge is -2.18. The molecule has 0 saturated carbocycles. The summed E-state index contributed by atoms with van der Waals surface area (Å²) in [7, 11) is 3.28. The van der Waals surface area contributed by atoms with Gasteiger partial charge in [0.05, 0.1) is 11.3 Å². The van der Waals surface area contributed by atoms with Crippen LogP contribution in [0, 0.1) is 6.92 Å². The van der Waals surface area contributed by atoms with Crippen LogP contribution in [0.25, 0.3) is 0 Å². The van der Waals surface area contributed by atoms with Crippen LogP contribution in [-0.4, -0.2) is 25.0 Å². The van der Waals surface area contributed by atoms with Crippen LogP contribution in [0.4, 0.5) is 24.5 Å². The van der Waals surface area contributed by atoms with Crippen molar-refractivity contribution in [2.45, 2.75) is 19.7 Å².